The second-order valence-corrected chi connectivity index (χ2v) is 17.4. The number of rotatable bonds is 47. The zero-order chi connectivity index (χ0) is 47.2. The number of allylic oxidation sites excluding steroid dienone is 16. The standard InChI is InChI=1S/C59H98O6/c1-4-7-10-13-16-19-22-25-28-29-32-34-37-40-43-46-49-52-58(61)64-55-56(65-59(62)53-50-47-44-41-38-35-31-27-24-21-18-15-12-9-6-3)54-63-57(60)51-48-45-42-39-36-33-30-26-23-20-17-14-11-8-5-2/h9,12,16,18-19,21,25-28,30-32,34,40,43,56H,4-8,10-11,13-15,17,20,22-24,29,33,35-39,41-42,44-55H2,1-3H3/b12-9-,19-16-,21-18-,28-25-,30-26-,31-27-,34-32-,43-40-/t56-/m0/s1. The van der Waals surface area contributed by atoms with Crippen LogP contribution in [0.1, 0.15) is 239 Å². The van der Waals surface area contributed by atoms with Crippen molar-refractivity contribution in [2.24, 2.45) is 0 Å². The number of hydrogen-bond acceptors (Lipinski definition) is 6. The summed E-state index contributed by atoms with van der Waals surface area (Å²) in [5.41, 5.74) is 0. The van der Waals surface area contributed by atoms with E-state index in [2.05, 4.69) is 118 Å². The summed E-state index contributed by atoms with van der Waals surface area (Å²) in [6, 6.07) is 0. The molecular weight excluding hydrogens is 805 g/mol. The minimum atomic E-state index is -0.813. The van der Waals surface area contributed by atoms with Crippen LogP contribution in [-0.2, 0) is 28.6 Å². The van der Waals surface area contributed by atoms with Gasteiger partial charge in [-0.3, -0.25) is 14.4 Å². The molecule has 0 amide bonds. The van der Waals surface area contributed by atoms with E-state index in [-0.39, 0.29) is 37.5 Å². The predicted octanol–water partition coefficient (Wildman–Crippen LogP) is 17.8. The Labute approximate surface area is 400 Å². The zero-order valence-corrected chi connectivity index (χ0v) is 42.2. The molecule has 0 heterocycles. The fourth-order valence-electron chi connectivity index (χ4n) is 7.03. The maximum Gasteiger partial charge on any atom is 0.306 e. The van der Waals surface area contributed by atoms with Crippen LogP contribution >= 0.6 is 0 Å². The van der Waals surface area contributed by atoms with E-state index in [0.717, 1.165) is 116 Å². The highest BCUT2D eigenvalue weighted by molar-refractivity contribution is 5.71. The molecule has 6 heteroatoms. The minimum absolute atomic E-state index is 0.107. The van der Waals surface area contributed by atoms with Gasteiger partial charge in [-0.15, -0.1) is 0 Å². The minimum Gasteiger partial charge on any atom is -0.462 e. The Morgan fingerprint density at radius 1 is 0.323 bits per heavy atom. The first-order valence-electron chi connectivity index (χ1n) is 26.7. The molecule has 0 bridgehead atoms. The average molecular weight is 903 g/mol. The molecule has 0 fully saturated rings. The molecule has 0 N–H and O–H groups in total. The molecule has 0 aliphatic carbocycles. The third-order valence-corrected chi connectivity index (χ3v) is 11.0. The van der Waals surface area contributed by atoms with Gasteiger partial charge in [0, 0.05) is 19.3 Å². The van der Waals surface area contributed by atoms with E-state index in [1.165, 1.54) is 77.0 Å². The molecule has 0 saturated carbocycles. The van der Waals surface area contributed by atoms with Crippen LogP contribution in [-0.4, -0.2) is 37.2 Å². The molecule has 0 saturated heterocycles. The fraction of sp³-hybridized carbons (Fsp3) is 0.678. The highest BCUT2D eigenvalue weighted by atomic mass is 16.6. The first kappa shape index (κ1) is 61.3. The molecule has 1 atom stereocenters. The average Bonchev–Trinajstić information content (AvgIpc) is 3.30. The molecule has 0 unspecified atom stereocenters. The number of esters is 3. The van der Waals surface area contributed by atoms with Crippen LogP contribution in [0.15, 0.2) is 97.2 Å². The van der Waals surface area contributed by atoms with E-state index in [9.17, 15) is 14.4 Å². The van der Waals surface area contributed by atoms with E-state index in [1.54, 1.807) is 0 Å². The van der Waals surface area contributed by atoms with Crippen LogP contribution in [0.25, 0.3) is 0 Å². The van der Waals surface area contributed by atoms with Gasteiger partial charge in [0.25, 0.3) is 0 Å². The molecule has 0 aliphatic rings. The monoisotopic (exact) mass is 903 g/mol. The Morgan fingerprint density at radius 2 is 0.615 bits per heavy atom. The zero-order valence-electron chi connectivity index (χ0n) is 42.2. The topological polar surface area (TPSA) is 78.9 Å². The van der Waals surface area contributed by atoms with Gasteiger partial charge in [-0.05, 0) is 116 Å². The van der Waals surface area contributed by atoms with E-state index < -0.39 is 6.10 Å². The Bertz CT molecular complexity index is 1310. The number of carbonyl (C=O) groups excluding carboxylic acids is 3. The fourth-order valence-corrected chi connectivity index (χ4v) is 7.03. The molecule has 0 radical (unpaired) electrons. The quantitative estimate of drug-likeness (QED) is 0.0262. The van der Waals surface area contributed by atoms with Gasteiger partial charge in [0.1, 0.15) is 13.2 Å². The lowest BCUT2D eigenvalue weighted by Gasteiger charge is -2.18. The summed E-state index contributed by atoms with van der Waals surface area (Å²) < 4.78 is 16.8. The molecule has 6 nitrogen and oxygen atoms in total. The van der Waals surface area contributed by atoms with Gasteiger partial charge in [-0.25, -0.2) is 0 Å². The van der Waals surface area contributed by atoms with Crippen molar-refractivity contribution < 1.29 is 28.6 Å². The Hall–Kier alpha value is -3.67. The van der Waals surface area contributed by atoms with Crippen molar-refractivity contribution in [3.63, 3.8) is 0 Å². The number of hydrogen-bond donors (Lipinski definition) is 0. The van der Waals surface area contributed by atoms with Crippen molar-refractivity contribution in [3.8, 4) is 0 Å². The molecular formula is C59H98O6. The SMILES string of the molecule is CC/C=C\C/C=C\C/C=C\CCCCCCCC(=O)O[C@H](COC(=O)CCC/C=C\C/C=C\C/C=C\C/C=C\CCCCC)COC(=O)CCCCCCC/C=C\CCCCCCCC. The van der Waals surface area contributed by atoms with Crippen LogP contribution in [0.2, 0.25) is 0 Å². The van der Waals surface area contributed by atoms with Crippen molar-refractivity contribution in [2.75, 3.05) is 13.2 Å². The lowest BCUT2D eigenvalue weighted by Crippen LogP contribution is -2.30. The maximum absolute atomic E-state index is 12.8. The maximum atomic E-state index is 12.8. The number of carbonyl (C=O) groups is 3. The van der Waals surface area contributed by atoms with Crippen LogP contribution in [0.3, 0.4) is 0 Å². The van der Waals surface area contributed by atoms with E-state index in [1.807, 2.05) is 0 Å². The Morgan fingerprint density at radius 3 is 1.05 bits per heavy atom. The van der Waals surface area contributed by atoms with Crippen LogP contribution < -0.4 is 0 Å². The molecule has 0 aromatic rings. The summed E-state index contributed by atoms with van der Waals surface area (Å²) in [7, 11) is 0. The lowest BCUT2D eigenvalue weighted by molar-refractivity contribution is -0.167. The van der Waals surface area contributed by atoms with Gasteiger partial charge >= 0.3 is 17.9 Å². The second-order valence-electron chi connectivity index (χ2n) is 17.4. The first-order valence-corrected chi connectivity index (χ1v) is 26.7. The second kappa shape index (κ2) is 52.9. The van der Waals surface area contributed by atoms with Gasteiger partial charge in [-0.1, -0.05) is 201 Å². The first-order chi connectivity index (χ1) is 32.0. The van der Waals surface area contributed by atoms with Crippen molar-refractivity contribution >= 4 is 17.9 Å². The molecule has 0 aromatic heterocycles. The molecule has 0 spiro atoms. The van der Waals surface area contributed by atoms with Crippen LogP contribution in [0.4, 0.5) is 0 Å². The highest BCUT2D eigenvalue weighted by Gasteiger charge is 2.19. The van der Waals surface area contributed by atoms with Gasteiger partial charge in [0.05, 0.1) is 0 Å². The van der Waals surface area contributed by atoms with Gasteiger partial charge in [0.15, 0.2) is 6.10 Å². The molecule has 0 rings (SSSR count). The predicted molar refractivity (Wildman–Crippen MR) is 279 cm³/mol. The van der Waals surface area contributed by atoms with Gasteiger partial charge in [0.2, 0.25) is 0 Å². The number of unbranched alkanes of at least 4 members (excludes halogenated alkanes) is 20. The Balaban J connectivity index is 4.52. The third kappa shape index (κ3) is 51.2. The normalized spacial score (nSPS) is 12.8. The van der Waals surface area contributed by atoms with Crippen LogP contribution in [0.5, 0.6) is 0 Å². The van der Waals surface area contributed by atoms with Crippen molar-refractivity contribution in [1.29, 1.82) is 0 Å². The van der Waals surface area contributed by atoms with Crippen molar-refractivity contribution in [3.05, 3.63) is 97.2 Å². The smallest absolute Gasteiger partial charge is 0.306 e. The summed E-state index contributed by atoms with van der Waals surface area (Å²) in [6.07, 6.45) is 69.6. The highest BCUT2D eigenvalue weighted by Crippen LogP contribution is 2.13. The summed E-state index contributed by atoms with van der Waals surface area (Å²) in [6.45, 7) is 6.42. The van der Waals surface area contributed by atoms with E-state index in [4.69, 9.17) is 14.2 Å². The van der Waals surface area contributed by atoms with Crippen molar-refractivity contribution in [1.82, 2.24) is 0 Å². The molecule has 65 heavy (non-hydrogen) atoms. The lowest BCUT2D eigenvalue weighted by atomic mass is 10.1. The van der Waals surface area contributed by atoms with E-state index in [0.29, 0.717) is 19.3 Å². The van der Waals surface area contributed by atoms with Gasteiger partial charge < -0.3 is 14.2 Å². The third-order valence-electron chi connectivity index (χ3n) is 11.0. The summed E-state index contributed by atoms with van der Waals surface area (Å²) in [5, 5.41) is 0. The van der Waals surface area contributed by atoms with Gasteiger partial charge in [-0.2, -0.15) is 0 Å². The molecule has 0 aromatic carbocycles. The largest absolute Gasteiger partial charge is 0.462 e. The number of ether oxygens (including phenoxy) is 3. The Kier molecular flexibility index (Phi) is 50.0. The van der Waals surface area contributed by atoms with E-state index >= 15 is 0 Å². The summed E-state index contributed by atoms with van der Waals surface area (Å²) in [5.74, 6) is -0.992. The summed E-state index contributed by atoms with van der Waals surface area (Å²) in [4.78, 5) is 38.0. The molecule has 0 aliphatic heterocycles. The van der Waals surface area contributed by atoms with Crippen LogP contribution in [0, 0.1) is 0 Å². The molecule has 370 valence electrons. The van der Waals surface area contributed by atoms with Crippen molar-refractivity contribution in [2.45, 2.75) is 245 Å². The summed E-state index contributed by atoms with van der Waals surface area (Å²) >= 11 is 0.